The Morgan fingerprint density at radius 2 is 1.46 bits per heavy atom. The minimum absolute atomic E-state index is 0.0134. The van der Waals surface area contributed by atoms with Crippen LogP contribution in [0.3, 0.4) is 0 Å². The van der Waals surface area contributed by atoms with Gasteiger partial charge in [-0.2, -0.15) is 0 Å². The molecule has 37 heavy (non-hydrogen) atoms. The van der Waals surface area contributed by atoms with E-state index >= 15 is 0 Å². The predicted molar refractivity (Wildman–Crippen MR) is 144 cm³/mol. The number of rotatable bonds is 3. The van der Waals surface area contributed by atoms with E-state index in [4.69, 9.17) is 0 Å². The number of aliphatic hydroxyl groups excluding tert-OH is 1. The van der Waals surface area contributed by atoms with Gasteiger partial charge in [0.2, 0.25) is 0 Å². The van der Waals surface area contributed by atoms with Crippen molar-refractivity contribution in [3.05, 3.63) is 54.5 Å². The molecule has 1 saturated heterocycles. The molecule has 1 heterocycles. The van der Waals surface area contributed by atoms with Gasteiger partial charge in [-0.05, 0) is 56.0 Å². The molecule has 2 aliphatic rings. The highest BCUT2D eigenvalue weighted by Crippen LogP contribution is 2.51. The number of aromatic hydroxyl groups is 3. The molecule has 8 heteroatoms. The third-order valence-electron chi connectivity index (χ3n) is 8.59. The van der Waals surface area contributed by atoms with E-state index in [2.05, 4.69) is 16.7 Å². The summed E-state index contributed by atoms with van der Waals surface area (Å²) in [6.07, 6.45) is 0. The minimum atomic E-state index is -1.07. The van der Waals surface area contributed by atoms with Gasteiger partial charge in [0.1, 0.15) is 23.0 Å². The average Bonchev–Trinajstić information content (AvgIpc) is 2.84. The first-order valence-electron chi connectivity index (χ1n) is 12.7. The Morgan fingerprint density at radius 3 is 2.11 bits per heavy atom. The van der Waals surface area contributed by atoms with Crippen LogP contribution in [0.5, 0.6) is 17.2 Å². The Hall–Kier alpha value is -3.62. The Bertz CT molecular complexity index is 1820. The lowest BCUT2D eigenvalue weighted by Gasteiger charge is -2.34. The molecule has 4 aromatic carbocycles. The van der Waals surface area contributed by atoms with E-state index in [0.29, 0.717) is 40.4 Å². The Morgan fingerprint density at radius 1 is 0.811 bits per heavy atom. The summed E-state index contributed by atoms with van der Waals surface area (Å²) in [4.78, 5) is 31.6. The SMILES string of the molecule is CCN1CCN(Cc2c(O)c3c(O)c4c(=O)cc(C)c5c(O)cc6c(c3c(c2=O)=C(O)C6(C)C)c54)CC1. The molecule has 0 spiro atoms. The molecule has 1 aliphatic carbocycles. The van der Waals surface area contributed by atoms with Gasteiger partial charge in [0.05, 0.1) is 21.6 Å². The second-order valence-electron chi connectivity index (χ2n) is 10.9. The average molecular weight is 503 g/mol. The smallest absolute Gasteiger partial charge is 0.198 e. The molecule has 1 aliphatic heterocycles. The van der Waals surface area contributed by atoms with Crippen molar-refractivity contribution >= 4 is 38.1 Å². The molecule has 8 nitrogen and oxygen atoms in total. The van der Waals surface area contributed by atoms with Gasteiger partial charge in [0, 0.05) is 54.3 Å². The zero-order valence-corrected chi connectivity index (χ0v) is 21.4. The van der Waals surface area contributed by atoms with Crippen molar-refractivity contribution in [2.45, 2.75) is 39.7 Å². The van der Waals surface area contributed by atoms with E-state index in [0.717, 1.165) is 19.6 Å². The van der Waals surface area contributed by atoms with E-state index in [1.807, 2.05) is 0 Å². The van der Waals surface area contributed by atoms with Gasteiger partial charge in [-0.3, -0.25) is 14.5 Å². The maximum absolute atomic E-state index is 14.0. The highest BCUT2D eigenvalue weighted by atomic mass is 16.3. The molecule has 0 amide bonds. The summed E-state index contributed by atoms with van der Waals surface area (Å²) in [5.41, 5.74) is -0.853. The summed E-state index contributed by atoms with van der Waals surface area (Å²) in [6, 6.07) is 2.91. The molecule has 0 radical (unpaired) electrons. The van der Waals surface area contributed by atoms with Crippen molar-refractivity contribution in [3.63, 3.8) is 0 Å². The van der Waals surface area contributed by atoms with Crippen LogP contribution in [0, 0.1) is 6.92 Å². The van der Waals surface area contributed by atoms with Crippen molar-refractivity contribution in [2.75, 3.05) is 32.7 Å². The lowest BCUT2D eigenvalue weighted by atomic mass is 9.72. The number of likely N-dealkylation sites (N-methyl/N-ethyl adjacent to an activating group) is 1. The Balaban J connectivity index is 1.80. The molecule has 6 rings (SSSR count). The van der Waals surface area contributed by atoms with E-state index < -0.39 is 22.0 Å². The lowest BCUT2D eigenvalue weighted by molar-refractivity contribution is 0.131. The molecule has 0 atom stereocenters. The number of hydrogen-bond donors (Lipinski definition) is 4. The van der Waals surface area contributed by atoms with Crippen LogP contribution in [-0.4, -0.2) is 62.9 Å². The van der Waals surface area contributed by atoms with Crippen molar-refractivity contribution in [1.82, 2.24) is 9.80 Å². The molecule has 0 aromatic heterocycles. The van der Waals surface area contributed by atoms with Gasteiger partial charge >= 0.3 is 0 Å². The van der Waals surface area contributed by atoms with Crippen LogP contribution < -0.4 is 16.1 Å². The predicted octanol–water partition coefficient (Wildman–Crippen LogP) is 2.54. The number of aryl methyl sites for hydroxylation is 1. The molecular weight excluding hydrogens is 472 g/mol. The molecule has 1 fully saturated rings. The number of phenols is 3. The summed E-state index contributed by atoms with van der Waals surface area (Å²) >= 11 is 0. The number of piperazine rings is 1. The monoisotopic (exact) mass is 502 g/mol. The normalized spacial score (nSPS) is 18.1. The van der Waals surface area contributed by atoms with Gasteiger partial charge in [-0.25, -0.2) is 0 Å². The lowest BCUT2D eigenvalue weighted by Crippen LogP contribution is -2.47. The molecule has 0 bridgehead atoms. The van der Waals surface area contributed by atoms with E-state index in [1.54, 1.807) is 26.8 Å². The fourth-order valence-corrected chi connectivity index (χ4v) is 6.44. The van der Waals surface area contributed by atoms with Gasteiger partial charge in [0.15, 0.2) is 10.9 Å². The molecule has 0 saturated carbocycles. The maximum Gasteiger partial charge on any atom is 0.198 e. The first kappa shape index (κ1) is 23.8. The second kappa shape index (κ2) is 7.69. The molecule has 4 N–H and O–H groups in total. The fourth-order valence-electron chi connectivity index (χ4n) is 6.44. The van der Waals surface area contributed by atoms with Gasteiger partial charge < -0.3 is 25.3 Å². The van der Waals surface area contributed by atoms with Crippen molar-refractivity contribution in [1.29, 1.82) is 0 Å². The molecular formula is C29H30N2O6. The standard InChI is InChI=1S/C29H30N2O6/c1-5-30-6-8-31(9-7-30)12-14-25(34)23-22-19-15(29(3,4)28(37)24(22)26(14)35)11-17(33)18-13(2)10-16(32)20(21(18)19)27(23)36/h10-11,33-34,36-37H,5-9,12H2,1-4H3. The number of nitrogens with zero attached hydrogens (tertiary/aromatic N) is 2. The summed E-state index contributed by atoms with van der Waals surface area (Å²) in [5.74, 6) is -1.09. The second-order valence-corrected chi connectivity index (χ2v) is 10.9. The van der Waals surface area contributed by atoms with Crippen LogP contribution in [0.15, 0.2) is 21.7 Å². The zero-order chi connectivity index (χ0) is 26.5. The van der Waals surface area contributed by atoms with Gasteiger partial charge in [0.25, 0.3) is 0 Å². The first-order valence-corrected chi connectivity index (χ1v) is 12.7. The summed E-state index contributed by atoms with van der Waals surface area (Å²) in [7, 11) is 0. The quantitative estimate of drug-likeness (QED) is 0.249. The summed E-state index contributed by atoms with van der Waals surface area (Å²) < 4.78 is 0. The number of hydrogen-bond acceptors (Lipinski definition) is 8. The van der Waals surface area contributed by atoms with Crippen molar-refractivity contribution < 1.29 is 20.4 Å². The summed E-state index contributed by atoms with van der Waals surface area (Å²) in [5, 5.41) is 46.9. The van der Waals surface area contributed by atoms with Gasteiger partial charge in [-0.15, -0.1) is 0 Å². The van der Waals surface area contributed by atoms with Crippen molar-refractivity contribution in [2.24, 2.45) is 0 Å². The highest BCUT2D eigenvalue weighted by molar-refractivity contribution is 6.29. The number of phenolic OH excluding ortho intramolecular Hbond substituents is 3. The Labute approximate surface area is 212 Å². The molecule has 192 valence electrons. The van der Waals surface area contributed by atoms with E-state index in [9.17, 15) is 30.0 Å². The zero-order valence-electron chi connectivity index (χ0n) is 21.4. The van der Waals surface area contributed by atoms with Crippen LogP contribution in [0.1, 0.15) is 37.5 Å². The molecule has 0 unspecified atom stereocenters. The number of benzene rings is 4. The Kier molecular flexibility index (Phi) is 4.94. The van der Waals surface area contributed by atoms with Crippen LogP contribution in [0.25, 0.3) is 38.1 Å². The van der Waals surface area contributed by atoms with Crippen molar-refractivity contribution in [3.8, 4) is 17.2 Å². The van der Waals surface area contributed by atoms with E-state index in [1.165, 1.54) is 6.07 Å². The topological polar surface area (TPSA) is 122 Å². The number of aliphatic hydroxyl groups is 1. The third kappa shape index (κ3) is 2.97. The highest BCUT2D eigenvalue weighted by Gasteiger charge is 2.38. The molecule has 4 aromatic rings. The maximum atomic E-state index is 14.0. The largest absolute Gasteiger partial charge is 0.511 e. The van der Waals surface area contributed by atoms with Crippen LogP contribution in [-0.2, 0) is 12.0 Å². The summed E-state index contributed by atoms with van der Waals surface area (Å²) in [6.45, 7) is 11.5. The fraction of sp³-hybridized carbons (Fsp3) is 0.379. The van der Waals surface area contributed by atoms with Crippen LogP contribution in [0.4, 0.5) is 0 Å². The first-order chi connectivity index (χ1) is 17.5. The third-order valence-corrected chi connectivity index (χ3v) is 8.59. The van der Waals surface area contributed by atoms with Crippen LogP contribution in [0.2, 0.25) is 0 Å². The van der Waals surface area contributed by atoms with Crippen LogP contribution >= 0.6 is 0 Å². The van der Waals surface area contributed by atoms with E-state index in [-0.39, 0.29) is 50.7 Å². The minimum Gasteiger partial charge on any atom is -0.511 e. The van der Waals surface area contributed by atoms with Gasteiger partial charge in [-0.1, -0.05) is 6.92 Å².